The Labute approximate surface area is 133 Å². The molecule has 0 heterocycles. The highest BCUT2D eigenvalue weighted by molar-refractivity contribution is 7.92. The Balaban J connectivity index is 2.84. The molecule has 124 valence electrons. The van der Waals surface area contributed by atoms with E-state index < -0.39 is 10.0 Å². The average Bonchev–Trinajstić information content (AvgIpc) is 2.42. The summed E-state index contributed by atoms with van der Waals surface area (Å²) in [5, 5.41) is 2.81. The molecule has 0 aliphatic carbocycles. The molecule has 1 amide bonds. The number of carbonyl (C=O) groups excluding carboxylic acids is 1. The second kappa shape index (κ2) is 8.17. The van der Waals surface area contributed by atoms with Gasteiger partial charge in [0.15, 0.2) is 0 Å². The zero-order valence-electron chi connectivity index (χ0n) is 13.8. The van der Waals surface area contributed by atoms with Crippen molar-refractivity contribution in [1.29, 1.82) is 0 Å². The van der Waals surface area contributed by atoms with Gasteiger partial charge in [-0.3, -0.25) is 9.10 Å². The normalized spacial score (nSPS) is 11.3. The number of unbranched alkanes of at least 4 members (excludes halogenated alkanes) is 1. The fourth-order valence-corrected chi connectivity index (χ4v) is 3.14. The molecule has 0 unspecified atom stereocenters. The lowest BCUT2D eigenvalue weighted by Crippen LogP contribution is -2.35. The minimum Gasteiger partial charge on any atom is -0.356 e. The predicted octanol–water partition coefficient (Wildman–Crippen LogP) is 2.38. The smallest absolute Gasteiger partial charge is 0.232 e. The second-order valence-corrected chi connectivity index (χ2v) is 7.41. The topological polar surface area (TPSA) is 66.5 Å². The first-order valence-electron chi connectivity index (χ1n) is 7.58. The molecule has 1 aromatic carbocycles. The number of rotatable bonds is 8. The minimum atomic E-state index is -3.42. The van der Waals surface area contributed by atoms with E-state index in [-0.39, 0.29) is 18.9 Å². The van der Waals surface area contributed by atoms with E-state index in [2.05, 4.69) is 12.2 Å². The lowest BCUT2D eigenvalue weighted by molar-refractivity contribution is -0.120. The lowest BCUT2D eigenvalue weighted by atomic mass is 10.1. The third kappa shape index (κ3) is 5.33. The number of sulfonamides is 1. The average molecular weight is 326 g/mol. The first-order valence-corrected chi connectivity index (χ1v) is 9.42. The predicted molar refractivity (Wildman–Crippen MR) is 90.6 cm³/mol. The zero-order chi connectivity index (χ0) is 16.8. The fourth-order valence-electron chi connectivity index (χ4n) is 2.17. The summed E-state index contributed by atoms with van der Waals surface area (Å²) in [7, 11) is -3.42. The molecule has 0 fully saturated rings. The van der Waals surface area contributed by atoms with E-state index in [0.29, 0.717) is 12.2 Å². The molecular formula is C16H26N2O3S. The van der Waals surface area contributed by atoms with Gasteiger partial charge in [-0.15, -0.1) is 0 Å². The van der Waals surface area contributed by atoms with Gasteiger partial charge < -0.3 is 5.32 Å². The van der Waals surface area contributed by atoms with Gasteiger partial charge in [-0.05, 0) is 37.5 Å². The van der Waals surface area contributed by atoms with E-state index in [1.54, 1.807) is 6.07 Å². The van der Waals surface area contributed by atoms with Crippen LogP contribution in [0.25, 0.3) is 0 Å². The van der Waals surface area contributed by atoms with Crippen LogP contribution in [0, 0.1) is 13.8 Å². The quantitative estimate of drug-likeness (QED) is 0.746. The van der Waals surface area contributed by atoms with Gasteiger partial charge in [-0.1, -0.05) is 25.5 Å². The summed E-state index contributed by atoms with van der Waals surface area (Å²) < 4.78 is 25.4. The van der Waals surface area contributed by atoms with Gasteiger partial charge in [0.2, 0.25) is 15.9 Å². The van der Waals surface area contributed by atoms with E-state index in [1.807, 2.05) is 26.0 Å². The van der Waals surface area contributed by atoms with E-state index in [4.69, 9.17) is 0 Å². The van der Waals surface area contributed by atoms with Crippen molar-refractivity contribution in [3.8, 4) is 0 Å². The van der Waals surface area contributed by atoms with Crippen LogP contribution < -0.4 is 9.62 Å². The maximum atomic E-state index is 12.1. The number of nitrogens with one attached hydrogen (secondary N) is 1. The van der Waals surface area contributed by atoms with Crippen LogP contribution in [0.15, 0.2) is 18.2 Å². The molecular weight excluding hydrogens is 300 g/mol. The summed E-state index contributed by atoms with van der Waals surface area (Å²) >= 11 is 0. The molecule has 1 aromatic rings. The van der Waals surface area contributed by atoms with Crippen LogP contribution in [-0.2, 0) is 14.8 Å². The highest BCUT2D eigenvalue weighted by Crippen LogP contribution is 2.25. The number of carbonyl (C=O) groups is 1. The van der Waals surface area contributed by atoms with Crippen molar-refractivity contribution in [2.45, 2.75) is 40.0 Å². The van der Waals surface area contributed by atoms with E-state index in [9.17, 15) is 13.2 Å². The Morgan fingerprint density at radius 1 is 1.27 bits per heavy atom. The van der Waals surface area contributed by atoms with Crippen molar-refractivity contribution in [3.63, 3.8) is 0 Å². The van der Waals surface area contributed by atoms with Crippen molar-refractivity contribution in [2.24, 2.45) is 0 Å². The summed E-state index contributed by atoms with van der Waals surface area (Å²) in [6.07, 6.45) is 3.27. The van der Waals surface area contributed by atoms with Crippen molar-refractivity contribution in [3.05, 3.63) is 29.3 Å². The first kappa shape index (κ1) is 18.5. The Morgan fingerprint density at radius 2 is 1.95 bits per heavy atom. The molecule has 0 saturated heterocycles. The monoisotopic (exact) mass is 326 g/mol. The van der Waals surface area contributed by atoms with Crippen LogP contribution >= 0.6 is 0 Å². The summed E-state index contributed by atoms with van der Waals surface area (Å²) in [5.74, 6) is -0.118. The van der Waals surface area contributed by atoms with Gasteiger partial charge in [0.25, 0.3) is 0 Å². The third-order valence-corrected chi connectivity index (χ3v) is 4.82. The Bertz CT molecular complexity index is 612. The fraction of sp³-hybridized carbons (Fsp3) is 0.562. The molecule has 5 nitrogen and oxygen atoms in total. The van der Waals surface area contributed by atoms with Crippen molar-refractivity contribution in [2.75, 3.05) is 23.7 Å². The van der Waals surface area contributed by atoms with Crippen LogP contribution in [0.2, 0.25) is 0 Å². The Morgan fingerprint density at radius 3 is 2.55 bits per heavy atom. The lowest BCUT2D eigenvalue weighted by Gasteiger charge is -2.24. The van der Waals surface area contributed by atoms with Crippen molar-refractivity contribution >= 4 is 21.6 Å². The molecule has 1 rings (SSSR count). The molecule has 0 aliphatic rings. The SMILES string of the molecule is CCCCNC(=O)CCN(c1cccc(C)c1C)S(C)(=O)=O. The van der Waals surface area contributed by atoms with Crippen LogP contribution in [0.4, 0.5) is 5.69 Å². The molecule has 6 heteroatoms. The zero-order valence-corrected chi connectivity index (χ0v) is 14.7. The van der Waals surface area contributed by atoms with Gasteiger partial charge >= 0.3 is 0 Å². The summed E-state index contributed by atoms with van der Waals surface area (Å²) in [4.78, 5) is 11.8. The molecule has 0 spiro atoms. The van der Waals surface area contributed by atoms with Gasteiger partial charge in [0.05, 0.1) is 11.9 Å². The number of hydrogen-bond acceptors (Lipinski definition) is 3. The Kier molecular flexibility index (Phi) is 6.87. The van der Waals surface area contributed by atoms with E-state index in [1.165, 1.54) is 10.6 Å². The van der Waals surface area contributed by atoms with Crippen LogP contribution in [0.1, 0.15) is 37.3 Å². The second-order valence-electron chi connectivity index (χ2n) is 5.51. The number of amides is 1. The van der Waals surface area contributed by atoms with Gasteiger partial charge in [0.1, 0.15) is 0 Å². The molecule has 0 atom stereocenters. The maximum absolute atomic E-state index is 12.1. The van der Waals surface area contributed by atoms with Crippen LogP contribution in [-0.4, -0.2) is 33.7 Å². The molecule has 0 radical (unpaired) electrons. The van der Waals surface area contributed by atoms with Gasteiger partial charge in [0, 0.05) is 19.5 Å². The number of anilines is 1. The van der Waals surface area contributed by atoms with Crippen molar-refractivity contribution < 1.29 is 13.2 Å². The summed E-state index contributed by atoms with van der Waals surface area (Å²) in [6.45, 7) is 6.68. The van der Waals surface area contributed by atoms with E-state index in [0.717, 1.165) is 24.0 Å². The van der Waals surface area contributed by atoms with Crippen LogP contribution in [0.5, 0.6) is 0 Å². The third-order valence-electron chi connectivity index (χ3n) is 3.64. The first-order chi connectivity index (χ1) is 10.3. The van der Waals surface area contributed by atoms with Gasteiger partial charge in [-0.25, -0.2) is 8.42 Å². The molecule has 22 heavy (non-hydrogen) atoms. The number of hydrogen-bond donors (Lipinski definition) is 1. The minimum absolute atomic E-state index is 0.118. The molecule has 0 aromatic heterocycles. The number of nitrogens with zero attached hydrogens (tertiary/aromatic N) is 1. The van der Waals surface area contributed by atoms with Crippen LogP contribution in [0.3, 0.4) is 0 Å². The molecule has 0 aliphatic heterocycles. The molecule has 0 bridgehead atoms. The summed E-state index contributed by atoms with van der Waals surface area (Å²) in [6, 6.07) is 5.55. The molecule has 1 N–H and O–H groups in total. The maximum Gasteiger partial charge on any atom is 0.232 e. The summed E-state index contributed by atoms with van der Waals surface area (Å²) in [5.41, 5.74) is 2.58. The highest BCUT2D eigenvalue weighted by atomic mass is 32.2. The highest BCUT2D eigenvalue weighted by Gasteiger charge is 2.20. The van der Waals surface area contributed by atoms with Gasteiger partial charge in [-0.2, -0.15) is 0 Å². The van der Waals surface area contributed by atoms with E-state index >= 15 is 0 Å². The Hall–Kier alpha value is -1.56. The standard InChI is InChI=1S/C16H26N2O3S/c1-5-6-11-17-16(19)10-12-18(22(4,20)21)15-9-7-8-13(2)14(15)3/h7-9H,5-6,10-12H2,1-4H3,(H,17,19). The number of aryl methyl sites for hydroxylation is 1. The largest absolute Gasteiger partial charge is 0.356 e. The molecule has 0 saturated carbocycles. The number of benzene rings is 1. The van der Waals surface area contributed by atoms with Crippen molar-refractivity contribution in [1.82, 2.24) is 5.32 Å².